The number of rotatable bonds is 7. The van der Waals surface area contributed by atoms with Crippen LogP contribution in [0.1, 0.15) is 53.0 Å². The first-order valence-electron chi connectivity index (χ1n) is 13.3. The van der Waals surface area contributed by atoms with Crippen LogP contribution in [0.15, 0.2) is 85.1 Å². The highest BCUT2D eigenvalue weighted by Crippen LogP contribution is 2.58. The number of amides is 1. The summed E-state index contributed by atoms with van der Waals surface area (Å²) in [4.78, 5) is 32.9. The molecule has 1 atom stereocenters. The number of nitrogens with zero attached hydrogens (tertiary/aromatic N) is 2. The van der Waals surface area contributed by atoms with Gasteiger partial charge in [-0.15, -0.1) is 0 Å². The summed E-state index contributed by atoms with van der Waals surface area (Å²) in [6, 6.07) is 24.6. The smallest absolute Gasteiger partial charge is 0.340 e. The van der Waals surface area contributed by atoms with Crippen molar-refractivity contribution >= 4 is 23.3 Å². The number of nitrogens with one attached hydrogen (secondary N) is 1. The lowest BCUT2D eigenvalue weighted by atomic mass is 9.77. The van der Waals surface area contributed by atoms with E-state index in [-0.39, 0.29) is 12.3 Å². The van der Waals surface area contributed by atoms with Crippen LogP contribution in [-0.4, -0.2) is 29.9 Å². The Balaban J connectivity index is 1.46. The molecular weight excluding hydrogens is 490 g/mol. The normalized spacial score (nSPS) is 16.5. The third-order valence-corrected chi connectivity index (χ3v) is 7.45. The molecule has 0 radical (unpaired) electrons. The van der Waals surface area contributed by atoms with Crippen LogP contribution in [0.3, 0.4) is 0 Å². The van der Waals surface area contributed by atoms with Gasteiger partial charge in [-0.2, -0.15) is 0 Å². The lowest BCUT2D eigenvalue weighted by molar-refractivity contribution is -0.116. The lowest BCUT2D eigenvalue weighted by Crippen LogP contribution is -2.34. The van der Waals surface area contributed by atoms with Crippen LogP contribution >= 0.6 is 0 Å². The van der Waals surface area contributed by atoms with Crippen molar-refractivity contribution in [3.05, 3.63) is 113 Å². The Labute approximate surface area is 227 Å². The molecule has 7 heteroatoms. The summed E-state index contributed by atoms with van der Waals surface area (Å²) >= 11 is 0. The molecule has 1 spiro atoms. The number of pyridine rings is 1. The summed E-state index contributed by atoms with van der Waals surface area (Å²) in [5, 5.41) is 3.07. The van der Waals surface area contributed by atoms with E-state index >= 15 is 0 Å². The second-order valence-electron chi connectivity index (χ2n) is 9.62. The molecule has 6 rings (SSSR count). The van der Waals surface area contributed by atoms with Crippen LogP contribution in [0, 0.1) is 0 Å². The van der Waals surface area contributed by atoms with Gasteiger partial charge in [-0.1, -0.05) is 30.3 Å². The number of fused-ring (bicyclic) bond motifs is 6. The van der Waals surface area contributed by atoms with E-state index in [4.69, 9.17) is 9.47 Å². The minimum atomic E-state index is -1.26. The number of aromatic nitrogens is 1. The highest BCUT2D eigenvalue weighted by atomic mass is 16.6. The Bertz CT molecular complexity index is 1570. The summed E-state index contributed by atoms with van der Waals surface area (Å²) in [6.07, 6.45) is 2.49. The van der Waals surface area contributed by atoms with Crippen molar-refractivity contribution in [2.24, 2.45) is 0 Å². The number of carbonyl (C=O) groups is 2. The van der Waals surface area contributed by atoms with Crippen molar-refractivity contribution in [2.45, 2.75) is 32.3 Å². The maximum absolute atomic E-state index is 13.3. The van der Waals surface area contributed by atoms with Crippen LogP contribution < -0.4 is 15.0 Å². The zero-order valence-electron chi connectivity index (χ0n) is 21.9. The minimum Gasteiger partial charge on any atom is -0.456 e. The molecule has 1 amide bonds. The molecular formula is C32H29N3O4. The summed E-state index contributed by atoms with van der Waals surface area (Å²) in [5.41, 5.74) is 3.71. The van der Waals surface area contributed by atoms with E-state index in [1.807, 2.05) is 72.8 Å². The Morgan fingerprint density at radius 2 is 1.74 bits per heavy atom. The molecule has 196 valence electrons. The van der Waals surface area contributed by atoms with Crippen LogP contribution in [0.5, 0.6) is 11.5 Å². The molecule has 7 nitrogen and oxygen atoms in total. The molecule has 0 saturated heterocycles. The average molecular weight is 520 g/mol. The Kier molecular flexibility index (Phi) is 6.27. The van der Waals surface area contributed by atoms with Gasteiger partial charge in [-0.3, -0.25) is 9.78 Å². The molecule has 2 aliphatic rings. The lowest BCUT2D eigenvalue weighted by Gasteiger charge is -2.38. The average Bonchev–Trinajstić information content (AvgIpc) is 3.25. The van der Waals surface area contributed by atoms with E-state index in [1.54, 1.807) is 12.3 Å². The predicted molar refractivity (Wildman–Crippen MR) is 149 cm³/mol. The van der Waals surface area contributed by atoms with Crippen molar-refractivity contribution in [3.8, 4) is 11.5 Å². The quantitative estimate of drug-likeness (QED) is 0.299. The van der Waals surface area contributed by atoms with Gasteiger partial charge in [-0.05, 0) is 62.7 Å². The third kappa shape index (κ3) is 4.11. The first kappa shape index (κ1) is 24.7. The Morgan fingerprint density at radius 1 is 0.923 bits per heavy atom. The van der Waals surface area contributed by atoms with Crippen LogP contribution in [0.25, 0.3) is 0 Å². The predicted octanol–water partition coefficient (Wildman–Crippen LogP) is 6.07. The molecule has 3 heterocycles. The zero-order chi connectivity index (χ0) is 27.0. The van der Waals surface area contributed by atoms with Crippen molar-refractivity contribution in [1.29, 1.82) is 0 Å². The van der Waals surface area contributed by atoms with Gasteiger partial charge in [0, 0.05) is 54.3 Å². The second kappa shape index (κ2) is 9.91. The van der Waals surface area contributed by atoms with Gasteiger partial charge in [0.2, 0.25) is 5.91 Å². The molecule has 2 aliphatic heterocycles. The van der Waals surface area contributed by atoms with Crippen molar-refractivity contribution in [2.75, 3.05) is 23.3 Å². The van der Waals surface area contributed by atoms with E-state index < -0.39 is 11.6 Å². The van der Waals surface area contributed by atoms with Crippen molar-refractivity contribution in [1.82, 2.24) is 4.98 Å². The van der Waals surface area contributed by atoms with Gasteiger partial charge in [0.25, 0.3) is 0 Å². The van der Waals surface area contributed by atoms with Crippen LogP contribution in [-0.2, 0) is 21.6 Å². The number of anilines is 2. The molecule has 0 aliphatic carbocycles. The highest BCUT2D eigenvalue weighted by molar-refractivity contribution is 5.99. The fourth-order valence-electron chi connectivity index (χ4n) is 5.61. The molecule has 1 aromatic heterocycles. The van der Waals surface area contributed by atoms with Gasteiger partial charge in [0.05, 0.1) is 16.8 Å². The first-order chi connectivity index (χ1) is 19.0. The fourth-order valence-corrected chi connectivity index (χ4v) is 5.61. The number of hydrogen-bond donors (Lipinski definition) is 1. The van der Waals surface area contributed by atoms with E-state index in [9.17, 15) is 9.59 Å². The topological polar surface area (TPSA) is 80.8 Å². The summed E-state index contributed by atoms with van der Waals surface area (Å²) in [5.74, 6) is 0.583. The number of esters is 1. The molecule has 3 aromatic carbocycles. The maximum atomic E-state index is 13.3. The number of benzene rings is 3. The van der Waals surface area contributed by atoms with Gasteiger partial charge in [0.1, 0.15) is 11.5 Å². The van der Waals surface area contributed by atoms with Crippen LogP contribution in [0.2, 0.25) is 0 Å². The summed E-state index contributed by atoms with van der Waals surface area (Å²) in [6.45, 7) is 5.92. The summed E-state index contributed by atoms with van der Waals surface area (Å²) in [7, 11) is 0. The minimum absolute atomic E-state index is 0.163. The standard InChI is InChI=1S/C32H29N3O4/c1-3-35(4-2)22-16-17-25-28(20-22)38-27-14-9-13-26(34-29(36)18-15-21-10-7-8-19-33-21)30(27)32(25)24-12-6-5-11-23(24)31(37)39-32/h5-14,16-17,19-20H,3-4,15,18H2,1-2H3,(H,34,36). The van der Waals surface area contributed by atoms with Gasteiger partial charge >= 0.3 is 5.97 Å². The molecule has 1 N–H and O–H groups in total. The molecule has 4 aromatic rings. The largest absolute Gasteiger partial charge is 0.456 e. The van der Waals surface area contributed by atoms with E-state index in [1.165, 1.54) is 0 Å². The molecule has 0 fully saturated rings. The summed E-state index contributed by atoms with van der Waals surface area (Å²) < 4.78 is 12.8. The van der Waals surface area contributed by atoms with E-state index in [0.717, 1.165) is 35.6 Å². The highest BCUT2D eigenvalue weighted by Gasteiger charge is 2.54. The zero-order valence-corrected chi connectivity index (χ0v) is 21.9. The maximum Gasteiger partial charge on any atom is 0.340 e. The molecule has 1 unspecified atom stereocenters. The van der Waals surface area contributed by atoms with Crippen LogP contribution in [0.4, 0.5) is 11.4 Å². The number of aryl methyl sites for hydroxylation is 1. The van der Waals surface area contributed by atoms with E-state index in [0.29, 0.717) is 34.7 Å². The Morgan fingerprint density at radius 3 is 2.54 bits per heavy atom. The number of carbonyl (C=O) groups excluding carboxylic acids is 2. The third-order valence-electron chi connectivity index (χ3n) is 7.45. The SMILES string of the molecule is CCN(CC)c1ccc2c(c1)Oc1cccc(NC(=O)CCc3ccccn3)c1C21OC(=O)c2ccccc21. The fraction of sp³-hybridized carbons (Fsp3) is 0.219. The van der Waals surface area contributed by atoms with E-state index in [2.05, 4.69) is 29.0 Å². The molecule has 0 saturated carbocycles. The van der Waals surface area contributed by atoms with Crippen molar-refractivity contribution in [3.63, 3.8) is 0 Å². The van der Waals surface area contributed by atoms with Gasteiger partial charge in [-0.25, -0.2) is 4.79 Å². The van der Waals surface area contributed by atoms with Gasteiger partial charge < -0.3 is 19.7 Å². The van der Waals surface area contributed by atoms with Crippen molar-refractivity contribution < 1.29 is 19.1 Å². The first-order valence-corrected chi connectivity index (χ1v) is 13.3. The molecule has 39 heavy (non-hydrogen) atoms. The number of hydrogen-bond acceptors (Lipinski definition) is 6. The monoisotopic (exact) mass is 519 g/mol. The molecule has 0 bridgehead atoms. The second-order valence-corrected chi connectivity index (χ2v) is 9.62. The Hall–Kier alpha value is -4.65. The number of ether oxygens (including phenoxy) is 2. The van der Waals surface area contributed by atoms with Gasteiger partial charge in [0.15, 0.2) is 5.60 Å².